The number of nitrogens with zero attached hydrogens (tertiary/aromatic N) is 1. The molecule has 0 aromatic heterocycles. The largest absolute Gasteiger partial charge is 0.492 e. The van der Waals surface area contributed by atoms with Crippen LogP contribution in [0.5, 0.6) is 5.75 Å². The summed E-state index contributed by atoms with van der Waals surface area (Å²) in [6.45, 7) is 0.959. The SMILES string of the molecule is O=C(CN1[C@H](C(=O)O)C[C@H]2CCCC[C@@H]21)NCCOc1ccccc1. The summed E-state index contributed by atoms with van der Waals surface area (Å²) in [5, 5.41) is 12.3. The number of hydrogen-bond acceptors (Lipinski definition) is 4. The summed E-state index contributed by atoms with van der Waals surface area (Å²) < 4.78 is 5.55. The number of carbonyl (C=O) groups excluding carboxylic acids is 1. The van der Waals surface area contributed by atoms with E-state index in [1.807, 2.05) is 35.2 Å². The molecule has 6 nitrogen and oxygen atoms in total. The van der Waals surface area contributed by atoms with Crippen molar-refractivity contribution < 1.29 is 19.4 Å². The fourth-order valence-corrected chi connectivity index (χ4v) is 4.12. The van der Waals surface area contributed by atoms with Crippen molar-refractivity contribution in [2.75, 3.05) is 19.7 Å². The monoisotopic (exact) mass is 346 g/mol. The van der Waals surface area contributed by atoms with Crippen LogP contribution in [0.4, 0.5) is 0 Å². The van der Waals surface area contributed by atoms with Gasteiger partial charge in [0.25, 0.3) is 0 Å². The number of hydrogen-bond donors (Lipinski definition) is 2. The zero-order chi connectivity index (χ0) is 17.6. The van der Waals surface area contributed by atoms with Gasteiger partial charge in [-0.05, 0) is 37.3 Å². The van der Waals surface area contributed by atoms with Crippen molar-refractivity contribution in [1.82, 2.24) is 10.2 Å². The van der Waals surface area contributed by atoms with Crippen LogP contribution in [0.1, 0.15) is 32.1 Å². The van der Waals surface area contributed by atoms with Gasteiger partial charge in [0.1, 0.15) is 18.4 Å². The third kappa shape index (κ3) is 4.51. The number of carboxylic acid groups (broad SMARTS) is 1. The van der Waals surface area contributed by atoms with Gasteiger partial charge in [0.2, 0.25) is 5.91 Å². The van der Waals surface area contributed by atoms with E-state index in [0.29, 0.717) is 25.5 Å². The second-order valence-corrected chi connectivity index (χ2v) is 6.89. The highest BCUT2D eigenvalue weighted by molar-refractivity contribution is 5.80. The molecular formula is C19H26N2O4. The topological polar surface area (TPSA) is 78.9 Å². The van der Waals surface area contributed by atoms with Crippen molar-refractivity contribution in [2.24, 2.45) is 5.92 Å². The van der Waals surface area contributed by atoms with E-state index in [-0.39, 0.29) is 18.5 Å². The van der Waals surface area contributed by atoms with Crippen LogP contribution < -0.4 is 10.1 Å². The molecule has 3 atom stereocenters. The number of aliphatic carboxylic acids is 1. The number of ether oxygens (including phenoxy) is 1. The van der Waals surface area contributed by atoms with E-state index in [4.69, 9.17) is 4.74 Å². The summed E-state index contributed by atoms with van der Waals surface area (Å²) >= 11 is 0. The minimum absolute atomic E-state index is 0.130. The average molecular weight is 346 g/mol. The molecule has 0 radical (unpaired) electrons. The first-order chi connectivity index (χ1) is 12.1. The van der Waals surface area contributed by atoms with Gasteiger partial charge in [0, 0.05) is 6.04 Å². The van der Waals surface area contributed by atoms with E-state index in [0.717, 1.165) is 25.0 Å². The fourth-order valence-electron chi connectivity index (χ4n) is 4.12. The molecule has 1 saturated carbocycles. The van der Waals surface area contributed by atoms with E-state index < -0.39 is 12.0 Å². The van der Waals surface area contributed by atoms with Gasteiger partial charge in [-0.2, -0.15) is 0 Å². The second kappa shape index (κ2) is 8.34. The first kappa shape index (κ1) is 17.7. The highest BCUT2D eigenvalue weighted by atomic mass is 16.5. The molecule has 0 unspecified atom stereocenters. The molecule has 136 valence electrons. The Kier molecular flexibility index (Phi) is 5.91. The number of likely N-dealkylation sites (tertiary alicyclic amines) is 1. The van der Waals surface area contributed by atoms with E-state index >= 15 is 0 Å². The number of fused-ring (bicyclic) bond motifs is 1. The molecule has 3 rings (SSSR count). The third-order valence-electron chi connectivity index (χ3n) is 5.27. The van der Waals surface area contributed by atoms with Gasteiger partial charge >= 0.3 is 5.97 Å². The van der Waals surface area contributed by atoms with Crippen LogP contribution in [0.2, 0.25) is 0 Å². The van der Waals surface area contributed by atoms with Gasteiger partial charge in [0.15, 0.2) is 0 Å². The lowest BCUT2D eigenvalue weighted by molar-refractivity contribution is -0.143. The average Bonchev–Trinajstić information content (AvgIpc) is 2.99. The third-order valence-corrected chi connectivity index (χ3v) is 5.27. The predicted octanol–water partition coefficient (Wildman–Crippen LogP) is 1.90. The molecule has 25 heavy (non-hydrogen) atoms. The van der Waals surface area contributed by atoms with Crippen LogP contribution in [0.15, 0.2) is 30.3 Å². The zero-order valence-corrected chi connectivity index (χ0v) is 14.4. The number of carbonyl (C=O) groups is 2. The molecule has 1 aromatic rings. The molecule has 2 N–H and O–H groups in total. The molecule has 6 heteroatoms. The quantitative estimate of drug-likeness (QED) is 0.737. The minimum Gasteiger partial charge on any atom is -0.492 e. The molecule has 1 aliphatic heterocycles. The molecule has 1 saturated heterocycles. The minimum atomic E-state index is -0.811. The van der Waals surface area contributed by atoms with Gasteiger partial charge in [0.05, 0.1) is 13.1 Å². The maximum absolute atomic E-state index is 12.3. The van der Waals surface area contributed by atoms with E-state index in [2.05, 4.69) is 5.32 Å². The number of rotatable bonds is 7. The Morgan fingerprint density at radius 1 is 1.20 bits per heavy atom. The Morgan fingerprint density at radius 3 is 2.72 bits per heavy atom. The summed E-state index contributed by atoms with van der Waals surface area (Å²) in [7, 11) is 0. The molecule has 2 aliphatic rings. The molecule has 1 amide bonds. The van der Waals surface area contributed by atoms with Crippen molar-refractivity contribution in [3.8, 4) is 5.75 Å². The number of benzene rings is 1. The number of nitrogens with one attached hydrogen (secondary N) is 1. The van der Waals surface area contributed by atoms with Crippen LogP contribution in [-0.2, 0) is 9.59 Å². The van der Waals surface area contributed by atoms with E-state index in [1.54, 1.807) is 0 Å². The van der Waals surface area contributed by atoms with Crippen molar-refractivity contribution in [1.29, 1.82) is 0 Å². The molecule has 1 aromatic carbocycles. The second-order valence-electron chi connectivity index (χ2n) is 6.89. The smallest absolute Gasteiger partial charge is 0.320 e. The number of carboxylic acids is 1. The first-order valence-electron chi connectivity index (χ1n) is 9.08. The highest BCUT2D eigenvalue weighted by Crippen LogP contribution is 2.39. The van der Waals surface area contributed by atoms with E-state index in [9.17, 15) is 14.7 Å². The molecule has 0 bridgehead atoms. The lowest BCUT2D eigenvalue weighted by Crippen LogP contribution is -2.48. The Hall–Kier alpha value is -2.08. The molecule has 2 fully saturated rings. The van der Waals surface area contributed by atoms with Crippen LogP contribution >= 0.6 is 0 Å². The number of para-hydroxylation sites is 1. The summed E-state index contributed by atoms with van der Waals surface area (Å²) in [6, 6.07) is 9.16. The Bertz CT molecular complexity index is 592. The van der Waals surface area contributed by atoms with Crippen molar-refractivity contribution in [3.05, 3.63) is 30.3 Å². The van der Waals surface area contributed by atoms with Gasteiger partial charge in [-0.15, -0.1) is 0 Å². The summed E-state index contributed by atoms with van der Waals surface area (Å²) in [4.78, 5) is 25.7. The van der Waals surface area contributed by atoms with Gasteiger partial charge < -0.3 is 15.2 Å². The summed E-state index contributed by atoms with van der Waals surface area (Å²) in [5.74, 6) is 0.250. The normalized spacial score (nSPS) is 26.0. The maximum atomic E-state index is 12.3. The van der Waals surface area contributed by atoms with Crippen LogP contribution in [0.25, 0.3) is 0 Å². The standard InChI is InChI=1S/C19H26N2O4/c22-18(20-10-11-25-15-7-2-1-3-8-15)13-21-16-9-5-4-6-14(16)12-17(21)19(23)24/h1-3,7-8,14,16-17H,4-6,9-13H2,(H,20,22)(H,23,24)/t14-,16+,17+/m1/s1. The molecular weight excluding hydrogens is 320 g/mol. The highest BCUT2D eigenvalue weighted by Gasteiger charge is 2.45. The van der Waals surface area contributed by atoms with Gasteiger partial charge in [-0.1, -0.05) is 31.0 Å². The molecule has 0 spiro atoms. The first-order valence-corrected chi connectivity index (χ1v) is 9.08. The Labute approximate surface area is 148 Å². The zero-order valence-electron chi connectivity index (χ0n) is 14.4. The molecule has 1 heterocycles. The lowest BCUT2D eigenvalue weighted by Gasteiger charge is -2.32. The van der Waals surface area contributed by atoms with Crippen LogP contribution in [0, 0.1) is 5.92 Å². The van der Waals surface area contributed by atoms with Crippen molar-refractivity contribution >= 4 is 11.9 Å². The van der Waals surface area contributed by atoms with Gasteiger partial charge in [-0.25, -0.2) is 0 Å². The maximum Gasteiger partial charge on any atom is 0.320 e. The van der Waals surface area contributed by atoms with E-state index in [1.165, 1.54) is 6.42 Å². The Balaban J connectivity index is 1.46. The van der Waals surface area contributed by atoms with Crippen LogP contribution in [0.3, 0.4) is 0 Å². The van der Waals surface area contributed by atoms with Gasteiger partial charge in [-0.3, -0.25) is 14.5 Å². The molecule has 1 aliphatic carbocycles. The van der Waals surface area contributed by atoms with Crippen molar-refractivity contribution in [3.63, 3.8) is 0 Å². The lowest BCUT2D eigenvalue weighted by atomic mass is 9.85. The van der Waals surface area contributed by atoms with Crippen molar-refractivity contribution in [2.45, 2.75) is 44.2 Å². The summed E-state index contributed by atoms with van der Waals surface area (Å²) in [6.07, 6.45) is 5.04. The fraction of sp³-hybridized carbons (Fsp3) is 0.579. The Morgan fingerprint density at radius 2 is 1.96 bits per heavy atom. The summed E-state index contributed by atoms with van der Waals surface area (Å²) in [5.41, 5.74) is 0. The van der Waals surface area contributed by atoms with Crippen LogP contribution in [-0.4, -0.2) is 53.7 Å². The predicted molar refractivity (Wildman–Crippen MR) is 93.4 cm³/mol. The number of amides is 1.